The van der Waals surface area contributed by atoms with Gasteiger partial charge in [-0.15, -0.1) is 0 Å². The molecular weight excluding hydrogens is 390 g/mol. The van der Waals surface area contributed by atoms with Crippen molar-refractivity contribution in [3.63, 3.8) is 0 Å². The van der Waals surface area contributed by atoms with Crippen LogP contribution in [0, 0.1) is 0 Å². The first-order valence-corrected chi connectivity index (χ1v) is 7.24. The zero-order chi connectivity index (χ0) is 12.8. The van der Waals surface area contributed by atoms with Crippen molar-refractivity contribution in [1.82, 2.24) is 0 Å². The molecule has 2 aromatic rings. The molecule has 0 saturated carbocycles. The Bertz CT molecular complexity index is 704. The third-order valence-corrected chi connectivity index (χ3v) is 4.67. The second-order valence-electron chi connectivity index (χ2n) is 5.78. The third kappa shape index (κ3) is 3.14. The maximum atomic E-state index is 2.33. The summed E-state index contributed by atoms with van der Waals surface area (Å²) in [5.74, 6) is 0. The predicted molar refractivity (Wildman–Crippen MR) is 81.1 cm³/mol. The van der Waals surface area contributed by atoms with Gasteiger partial charge >= 0.3 is 26.2 Å². The molecule has 0 spiro atoms. The van der Waals surface area contributed by atoms with E-state index in [1.54, 1.807) is 16.7 Å². The molecule has 0 saturated heterocycles. The number of halogens is 2. The van der Waals surface area contributed by atoms with Gasteiger partial charge in [-0.1, -0.05) is 48.0 Å². The maximum Gasteiger partial charge on any atom is 2.00 e. The molecule has 0 radical (unpaired) electrons. The zero-order valence-electron chi connectivity index (χ0n) is 12.6. The van der Waals surface area contributed by atoms with Crippen LogP contribution in [-0.2, 0) is 32.6 Å². The molecule has 2 aliphatic carbocycles. The Balaban J connectivity index is 0.000000807. The van der Waals surface area contributed by atoms with E-state index in [0.717, 1.165) is 6.42 Å². The summed E-state index contributed by atoms with van der Waals surface area (Å²) in [6, 6.07) is 15.7. The van der Waals surface area contributed by atoms with Gasteiger partial charge in [0, 0.05) is 0 Å². The molecule has 2 aromatic carbocycles. The van der Waals surface area contributed by atoms with Crippen LogP contribution in [0.15, 0.2) is 48.0 Å². The summed E-state index contributed by atoms with van der Waals surface area (Å²) in [7, 11) is 0. The summed E-state index contributed by atoms with van der Waals surface area (Å²) in [6.07, 6.45) is 4.99. The van der Waals surface area contributed by atoms with Crippen LogP contribution >= 0.6 is 0 Å². The average molecular weight is 408 g/mol. The van der Waals surface area contributed by atoms with Gasteiger partial charge in [-0.3, -0.25) is 0 Å². The minimum absolute atomic E-state index is 0. The quantitative estimate of drug-likeness (QED) is 0.496. The first-order valence-electron chi connectivity index (χ1n) is 7.24. The van der Waals surface area contributed by atoms with E-state index in [2.05, 4.69) is 49.4 Å². The molecule has 0 heterocycles. The molecule has 0 fully saturated rings. The Morgan fingerprint density at radius 2 is 1.45 bits per heavy atom. The first kappa shape index (κ1) is 19.7. The Morgan fingerprint density at radius 3 is 2.18 bits per heavy atom. The third-order valence-electron chi connectivity index (χ3n) is 4.67. The van der Waals surface area contributed by atoms with E-state index in [9.17, 15) is 0 Å². The topological polar surface area (TPSA) is 0 Å². The fourth-order valence-corrected chi connectivity index (χ4v) is 3.70. The standard InChI is InChI=1S/C19H18.2ClH.Zr/c1-13-6-4-9-15(13)17-10-5-11-18-16-8-3-2-7-14(16)12-19(17)18;;;/h2-3,5,7-8,10-11H,4,6,9,12H2,1H3;2*1H;/q;;;+2/p-2. The zero-order valence-corrected chi connectivity index (χ0v) is 16.6. The number of hydrogen-bond donors (Lipinski definition) is 0. The largest absolute Gasteiger partial charge is 2.00 e. The minimum Gasteiger partial charge on any atom is -1.00 e. The van der Waals surface area contributed by atoms with Gasteiger partial charge in [0.1, 0.15) is 0 Å². The minimum atomic E-state index is 0. The van der Waals surface area contributed by atoms with E-state index in [1.165, 1.54) is 41.5 Å². The van der Waals surface area contributed by atoms with Crippen molar-refractivity contribution in [2.24, 2.45) is 0 Å². The van der Waals surface area contributed by atoms with Gasteiger partial charge in [-0.05, 0) is 66.0 Å². The van der Waals surface area contributed by atoms with Gasteiger partial charge in [0.25, 0.3) is 0 Å². The van der Waals surface area contributed by atoms with Crippen molar-refractivity contribution in [3.8, 4) is 11.1 Å². The molecule has 0 atom stereocenters. The van der Waals surface area contributed by atoms with Crippen molar-refractivity contribution in [2.75, 3.05) is 0 Å². The fraction of sp³-hybridized carbons (Fsp3) is 0.263. The van der Waals surface area contributed by atoms with Crippen LogP contribution in [0.5, 0.6) is 0 Å². The Morgan fingerprint density at radius 1 is 0.773 bits per heavy atom. The smallest absolute Gasteiger partial charge is 1.00 e. The first-order chi connectivity index (χ1) is 9.34. The number of hydrogen-bond acceptors (Lipinski definition) is 0. The van der Waals surface area contributed by atoms with Crippen LogP contribution in [0.2, 0.25) is 0 Å². The summed E-state index contributed by atoms with van der Waals surface area (Å²) >= 11 is 0. The summed E-state index contributed by atoms with van der Waals surface area (Å²) in [5.41, 5.74) is 10.7. The number of fused-ring (bicyclic) bond motifs is 3. The number of rotatable bonds is 1. The van der Waals surface area contributed by atoms with Gasteiger partial charge in [0.2, 0.25) is 0 Å². The Labute approximate surface area is 164 Å². The summed E-state index contributed by atoms with van der Waals surface area (Å²) in [5, 5.41) is 0. The van der Waals surface area contributed by atoms with E-state index in [1.807, 2.05) is 0 Å². The van der Waals surface area contributed by atoms with E-state index < -0.39 is 0 Å². The van der Waals surface area contributed by atoms with Crippen molar-refractivity contribution >= 4 is 5.57 Å². The molecule has 4 rings (SSSR count). The van der Waals surface area contributed by atoms with Crippen LogP contribution < -0.4 is 24.8 Å². The van der Waals surface area contributed by atoms with Crippen molar-refractivity contribution < 1.29 is 51.0 Å². The number of allylic oxidation sites excluding steroid dienone is 2. The average Bonchev–Trinajstić information content (AvgIpc) is 3.02. The molecule has 0 aliphatic heterocycles. The second kappa shape index (κ2) is 7.95. The van der Waals surface area contributed by atoms with Crippen molar-refractivity contribution in [2.45, 2.75) is 32.6 Å². The summed E-state index contributed by atoms with van der Waals surface area (Å²) in [6.45, 7) is 2.31. The fourth-order valence-electron chi connectivity index (χ4n) is 3.70. The Hall–Kier alpha value is -0.357. The van der Waals surface area contributed by atoms with Gasteiger partial charge in [-0.25, -0.2) is 0 Å². The summed E-state index contributed by atoms with van der Waals surface area (Å²) in [4.78, 5) is 0. The monoisotopic (exact) mass is 406 g/mol. The number of benzene rings is 2. The molecule has 22 heavy (non-hydrogen) atoms. The van der Waals surface area contributed by atoms with Gasteiger partial charge < -0.3 is 24.8 Å². The molecule has 0 unspecified atom stereocenters. The van der Waals surface area contributed by atoms with Crippen LogP contribution in [0.25, 0.3) is 16.7 Å². The van der Waals surface area contributed by atoms with E-state index in [4.69, 9.17) is 0 Å². The molecule has 0 bridgehead atoms. The summed E-state index contributed by atoms with van der Waals surface area (Å²) < 4.78 is 0. The van der Waals surface area contributed by atoms with Crippen LogP contribution in [0.3, 0.4) is 0 Å². The van der Waals surface area contributed by atoms with Gasteiger partial charge in [0.05, 0.1) is 0 Å². The molecule has 3 heteroatoms. The second-order valence-corrected chi connectivity index (χ2v) is 5.78. The molecule has 0 amide bonds. The predicted octanol–water partition coefficient (Wildman–Crippen LogP) is -0.779. The molecule has 0 aromatic heterocycles. The van der Waals surface area contributed by atoms with E-state index in [0.29, 0.717) is 0 Å². The molecule has 0 N–H and O–H groups in total. The molecule has 0 nitrogen and oxygen atoms in total. The van der Waals surface area contributed by atoms with E-state index in [-0.39, 0.29) is 51.0 Å². The van der Waals surface area contributed by atoms with Crippen molar-refractivity contribution in [3.05, 3.63) is 64.7 Å². The SMILES string of the molecule is CC1=C(c2cccc3c2Cc2ccccc2-3)CCC1.[Cl-].[Cl-].[Zr+2]. The van der Waals surface area contributed by atoms with Crippen LogP contribution in [0.1, 0.15) is 42.9 Å². The molecular formula is C19H18Cl2Zr. The van der Waals surface area contributed by atoms with E-state index >= 15 is 0 Å². The molecule has 2 aliphatic rings. The Kier molecular flexibility index (Phi) is 7.12. The maximum absolute atomic E-state index is 2.33. The van der Waals surface area contributed by atoms with Crippen LogP contribution in [-0.4, -0.2) is 0 Å². The molecule has 112 valence electrons. The van der Waals surface area contributed by atoms with Crippen LogP contribution in [0.4, 0.5) is 0 Å². The van der Waals surface area contributed by atoms with Gasteiger partial charge in [0.15, 0.2) is 0 Å². The normalized spacial score (nSPS) is 14.4. The van der Waals surface area contributed by atoms with Crippen molar-refractivity contribution in [1.29, 1.82) is 0 Å². The van der Waals surface area contributed by atoms with Gasteiger partial charge in [-0.2, -0.15) is 0 Å².